The van der Waals surface area contributed by atoms with Crippen LogP contribution < -0.4 is 9.47 Å². The number of halogens is 2. The number of aliphatic hydroxyl groups is 1. The zero-order valence-corrected chi connectivity index (χ0v) is 12.6. The number of methoxy groups -OCH3 is 2. The first-order valence-electron chi connectivity index (χ1n) is 5.92. The predicted octanol–water partition coefficient (Wildman–Crippen LogP) is 4.09. The third kappa shape index (κ3) is 2.85. The molecular formula is C15H14Cl2O3. The Kier molecular flexibility index (Phi) is 4.76. The van der Waals surface area contributed by atoms with Crippen molar-refractivity contribution in [2.45, 2.75) is 6.10 Å². The van der Waals surface area contributed by atoms with Gasteiger partial charge in [-0.1, -0.05) is 29.3 Å². The van der Waals surface area contributed by atoms with Crippen molar-refractivity contribution in [1.82, 2.24) is 0 Å². The first kappa shape index (κ1) is 15.0. The largest absolute Gasteiger partial charge is 0.496 e. The van der Waals surface area contributed by atoms with Crippen molar-refractivity contribution in [2.75, 3.05) is 14.2 Å². The predicted molar refractivity (Wildman–Crippen MR) is 80.1 cm³/mol. The standard InChI is InChI=1S/C15H14Cl2O3/c1-19-12-4-3-5-13(20-2)14(12)15(18)10-8-9(16)6-7-11(10)17/h3-8,15,18H,1-2H3. The van der Waals surface area contributed by atoms with Gasteiger partial charge in [0, 0.05) is 15.6 Å². The van der Waals surface area contributed by atoms with Crippen LogP contribution in [0.4, 0.5) is 0 Å². The van der Waals surface area contributed by atoms with Gasteiger partial charge < -0.3 is 14.6 Å². The molecule has 3 nitrogen and oxygen atoms in total. The van der Waals surface area contributed by atoms with Gasteiger partial charge in [0.1, 0.15) is 17.6 Å². The molecule has 0 aliphatic heterocycles. The molecule has 5 heteroatoms. The summed E-state index contributed by atoms with van der Waals surface area (Å²) in [6, 6.07) is 10.2. The highest BCUT2D eigenvalue weighted by Gasteiger charge is 2.22. The molecule has 0 heterocycles. The van der Waals surface area contributed by atoms with Gasteiger partial charge in [0.2, 0.25) is 0 Å². The van der Waals surface area contributed by atoms with Gasteiger partial charge in [-0.25, -0.2) is 0 Å². The highest BCUT2D eigenvalue weighted by molar-refractivity contribution is 6.33. The van der Waals surface area contributed by atoms with E-state index in [2.05, 4.69) is 0 Å². The summed E-state index contributed by atoms with van der Waals surface area (Å²) in [7, 11) is 3.06. The van der Waals surface area contributed by atoms with Crippen LogP contribution in [0, 0.1) is 0 Å². The molecule has 0 radical (unpaired) electrons. The van der Waals surface area contributed by atoms with Crippen molar-refractivity contribution >= 4 is 23.2 Å². The monoisotopic (exact) mass is 312 g/mol. The van der Waals surface area contributed by atoms with Crippen molar-refractivity contribution in [3.8, 4) is 11.5 Å². The van der Waals surface area contributed by atoms with E-state index in [4.69, 9.17) is 32.7 Å². The summed E-state index contributed by atoms with van der Waals surface area (Å²) in [4.78, 5) is 0. The zero-order chi connectivity index (χ0) is 14.7. The number of aliphatic hydroxyl groups excluding tert-OH is 1. The van der Waals surface area contributed by atoms with Crippen LogP contribution in [0.2, 0.25) is 10.0 Å². The van der Waals surface area contributed by atoms with Crippen molar-refractivity contribution in [1.29, 1.82) is 0 Å². The Morgan fingerprint density at radius 3 is 2.15 bits per heavy atom. The molecule has 0 fully saturated rings. The molecule has 0 aliphatic rings. The fourth-order valence-electron chi connectivity index (χ4n) is 2.03. The van der Waals surface area contributed by atoms with E-state index in [1.807, 2.05) is 0 Å². The second-order valence-electron chi connectivity index (χ2n) is 4.14. The van der Waals surface area contributed by atoms with Crippen molar-refractivity contribution < 1.29 is 14.6 Å². The Morgan fingerprint density at radius 2 is 1.60 bits per heavy atom. The minimum absolute atomic E-state index is 0.426. The van der Waals surface area contributed by atoms with Crippen LogP contribution in [0.25, 0.3) is 0 Å². The molecular weight excluding hydrogens is 299 g/mol. The van der Waals surface area contributed by atoms with E-state index in [0.29, 0.717) is 32.7 Å². The molecule has 0 spiro atoms. The molecule has 0 saturated carbocycles. The molecule has 0 aromatic heterocycles. The van der Waals surface area contributed by atoms with E-state index < -0.39 is 6.10 Å². The molecule has 1 unspecified atom stereocenters. The molecule has 1 atom stereocenters. The van der Waals surface area contributed by atoms with Gasteiger partial charge in [-0.2, -0.15) is 0 Å². The maximum atomic E-state index is 10.6. The van der Waals surface area contributed by atoms with E-state index in [1.165, 1.54) is 14.2 Å². The minimum Gasteiger partial charge on any atom is -0.496 e. The highest BCUT2D eigenvalue weighted by Crippen LogP contribution is 2.39. The topological polar surface area (TPSA) is 38.7 Å². The average molecular weight is 313 g/mol. The van der Waals surface area contributed by atoms with E-state index in [9.17, 15) is 5.11 Å². The fourth-order valence-corrected chi connectivity index (χ4v) is 2.43. The number of rotatable bonds is 4. The van der Waals surface area contributed by atoms with E-state index >= 15 is 0 Å². The molecule has 106 valence electrons. The van der Waals surface area contributed by atoms with E-state index in [0.717, 1.165) is 0 Å². The molecule has 2 aromatic rings. The maximum absolute atomic E-state index is 10.6. The van der Waals surface area contributed by atoms with E-state index in [-0.39, 0.29) is 0 Å². The smallest absolute Gasteiger partial charge is 0.128 e. The lowest BCUT2D eigenvalue weighted by Gasteiger charge is -2.19. The quantitative estimate of drug-likeness (QED) is 0.924. The van der Waals surface area contributed by atoms with Gasteiger partial charge in [-0.05, 0) is 30.3 Å². The molecule has 20 heavy (non-hydrogen) atoms. The molecule has 2 aromatic carbocycles. The minimum atomic E-state index is -0.993. The summed E-state index contributed by atoms with van der Waals surface area (Å²) in [6.45, 7) is 0. The third-order valence-corrected chi connectivity index (χ3v) is 3.57. The molecule has 2 rings (SSSR count). The third-order valence-electron chi connectivity index (χ3n) is 2.99. The van der Waals surface area contributed by atoms with Crippen LogP contribution in [0.1, 0.15) is 17.2 Å². The molecule has 0 amide bonds. The summed E-state index contributed by atoms with van der Waals surface area (Å²) >= 11 is 12.1. The zero-order valence-electron chi connectivity index (χ0n) is 11.1. The second-order valence-corrected chi connectivity index (χ2v) is 4.99. The first-order chi connectivity index (χ1) is 9.58. The Balaban J connectivity index is 2.58. The lowest BCUT2D eigenvalue weighted by atomic mass is 9.99. The van der Waals surface area contributed by atoms with Crippen LogP contribution in [-0.2, 0) is 0 Å². The summed E-state index contributed by atoms with van der Waals surface area (Å²) in [5, 5.41) is 11.5. The van der Waals surface area contributed by atoms with Crippen LogP contribution >= 0.6 is 23.2 Å². The maximum Gasteiger partial charge on any atom is 0.128 e. The lowest BCUT2D eigenvalue weighted by molar-refractivity contribution is 0.209. The van der Waals surface area contributed by atoms with Gasteiger partial charge in [0.15, 0.2) is 0 Å². The number of hydrogen-bond donors (Lipinski definition) is 1. The van der Waals surface area contributed by atoms with Gasteiger partial charge >= 0.3 is 0 Å². The summed E-state index contributed by atoms with van der Waals surface area (Å²) in [6.07, 6.45) is -0.993. The van der Waals surface area contributed by atoms with Crippen molar-refractivity contribution in [3.63, 3.8) is 0 Å². The summed E-state index contributed by atoms with van der Waals surface area (Å²) in [5.41, 5.74) is 1.02. The fraction of sp³-hybridized carbons (Fsp3) is 0.200. The van der Waals surface area contributed by atoms with Gasteiger partial charge in [0.05, 0.1) is 19.8 Å². The van der Waals surface area contributed by atoms with Gasteiger partial charge in [-0.15, -0.1) is 0 Å². The molecule has 0 bridgehead atoms. The summed E-state index contributed by atoms with van der Waals surface area (Å²) in [5.74, 6) is 1.04. The van der Waals surface area contributed by atoms with Crippen LogP contribution in [0.3, 0.4) is 0 Å². The Bertz CT molecular complexity index is 592. The van der Waals surface area contributed by atoms with Crippen molar-refractivity contribution in [3.05, 3.63) is 57.6 Å². The van der Waals surface area contributed by atoms with Crippen molar-refractivity contribution in [2.24, 2.45) is 0 Å². The summed E-state index contributed by atoms with van der Waals surface area (Å²) < 4.78 is 10.6. The molecule has 1 N–H and O–H groups in total. The highest BCUT2D eigenvalue weighted by atomic mass is 35.5. The van der Waals surface area contributed by atoms with Crippen LogP contribution in [-0.4, -0.2) is 19.3 Å². The second kappa shape index (κ2) is 6.35. The van der Waals surface area contributed by atoms with Gasteiger partial charge in [-0.3, -0.25) is 0 Å². The van der Waals surface area contributed by atoms with E-state index in [1.54, 1.807) is 36.4 Å². The normalized spacial score (nSPS) is 12.1. The molecule has 0 aliphatic carbocycles. The van der Waals surface area contributed by atoms with Crippen LogP contribution in [0.15, 0.2) is 36.4 Å². The van der Waals surface area contributed by atoms with Crippen LogP contribution in [0.5, 0.6) is 11.5 Å². The Labute approximate surface area is 127 Å². The lowest BCUT2D eigenvalue weighted by Crippen LogP contribution is -2.05. The molecule has 0 saturated heterocycles. The number of benzene rings is 2. The average Bonchev–Trinajstić information content (AvgIpc) is 2.48. The Morgan fingerprint density at radius 1 is 1.00 bits per heavy atom. The number of hydrogen-bond acceptors (Lipinski definition) is 3. The Hall–Kier alpha value is -1.42. The first-order valence-corrected chi connectivity index (χ1v) is 6.68. The number of ether oxygens (including phenoxy) is 2. The SMILES string of the molecule is COc1cccc(OC)c1C(O)c1cc(Cl)ccc1Cl. The van der Waals surface area contributed by atoms with Gasteiger partial charge in [0.25, 0.3) is 0 Å².